The summed E-state index contributed by atoms with van der Waals surface area (Å²) in [6, 6.07) is 6.09. The largest absolute Gasteiger partial charge is 0.414 e. The van der Waals surface area contributed by atoms with Gasteiger partial charge in [-0.3, -0.25) is 14.9 Å². The summed E-state index contributed by atoms with van der Waals surface area (Å²) in [5.41, 5.74) is 1.22. The molecule has 3 rings (SSSR count). The number of hydrogen-bond donors (Lipinski definition) is 0. The zero-order valence-electron chi connectivity index (χ0n) is 18.9. The molecule has 0 unspecified atom stereocenters. The van der Waals surface area contributed by atoms with Crippen molar-refractivity contribution >= 4 is 36.3 Å². The first-order valence-electron chi connectivity index (χ1n) is 10.6. The van der Waals surface area contributed by atoms with E-state index in [1.54, 1.807) is 17.5 Å². The number of Topliss-reactive ketones (excluding diaryl/α,β-unsaturated/α-hetero) is 1. The second-order valence-corrected chi connectivity index (χ2v) is 15.2. The van der Waals surface area contributed by atoms with Gasteiger partial charge >= 0.3 is 0 Å². The van der Waals surface area contributed by atoms with Gasteiger partial charge in [-0.1, -0.05) is 32.9 Å². The molecule has 1 aromatic carbocycles. The normalized spacial score (nSPS) is 15.8. The topological polar surface area (TPSA) is 85.6 Å². The van der Waals surface area contributed by atoms with Gasteiger partial charge in [0.25, 0.3) is 5.69 Å². The molecule has 168 valence electrons. The third kappa shape index (κ3) is 5.78. The third-order valence-electron chi connectivity index (χ3n) is 6.27. The highest BCUT2D eigenvalue weighted by Gasteiger charge is 2.39. The summed E-state index contributed by atoms with van der Waals surface area (Å²) in [6.07, 6.45) is 2.42. The van der Waals surface area contributed by atoms with Crippen LogP contribution in [0.2, 0.25) is 18.1 Å². The zero-order valence-corrected chi connectivity index (χ0v) is 20.7. The molecule has 9 heteroatoms. The minimum Gasteiger partial charge on any atom is -0.414 e. The lowest BCUT2D eigenvalue weighted by atomic mass is 10.1. The number of carbonyl (C=O) groups excluding carboxylic acids is 1. The van der Waals surface area contributed by atoms with Crippen LogP contribution < -0.4 is 4.90 Å². The summed E-state index contributed by atoms with van der Waals surface area (Å²) in [5, 5.41) is 13.6. The average Bonchev–Trinajstić information content (AvgIpc) is 3.18. The van der Waals surface area contributed by atoms with Gasteiger partial charge in [0.05, 0.1) is 4.92 Å². The molecule has 2 heterocycles. The van der Waals surface area contributed by atoms with Gasteiger partial charge in [0, 0.05) is 43.1 Å². The van der Waals surface area contributed by atoms with E-state index < -0.39 is 13.2 Å². The first-order valence-corrected chi connectivity index (χ1v) is 14.4. The number of carbonyl (C=O) groups is 1. The Bertz CT molecular complexity index is 929. The van der Waals surface area contributed by atoms with E-state index in [1.165, 1.54) is 23.5 Å². The van der Waals surface area contributed by atoms with Crippen molar-refractivity contribution in [3.63, 3.8) is 0 Å². The zero-order chi connectivity index (χ0) is 22.8. The van der Waals surface area contributed by atoms with Crippen LogP contribution in [0, 0.1) is 10.1 Å². The van der Waals surface area contributed by atoms with Crippen molar-refractivity contribution in [3.05, 3.63) is 51.0 Å². The van der Waals surface area contributed by atoms with Crippen molar-refractivity contribution < 1.29 is 14.1 Å². The summed E-state index contributed by atoms with van der Waals surface area (Å²) in [4.78, 5) is 29.7. The van der Waals surface area contributed by atoms with Crippen LogP contribution in [0.3, 0.4) is 0 Å². The predicted molar refractivity (Wildman–Crippen MR) is 127 cm³/mol. The number of piperidine rings is 1. The number of benzene rings is 1. The maximum Gasteiger partial charge on any atom is 0.269 e. The van der Waals surface area contributed by atoms with Crippen molar-refractivity contribution in [2.75, 3.05) is 18.0 Å². The van der Waals surface area contributed by atoms with Gasteiger partial charge in [-0.05, 0) is 36.5 Å². The average molecular weight is 462 g/mol. The van der Waals surface area contributed by atoms with E-state index in [0.29, 0.717) is 11.8 Å². The highest BCUT2D eigenvalue weighted by atomic mass is 32.1. The number of nitro groups is 1. The maximum atomic E-state index is 12.6. The lowest BCUT2D eigenvalue weighted by molar-refractivity contribution is -0.384. The fourth-order valence-corrected chi connectivity index (χ4v) is 5.61. The molecular formula is C22H31N3O4SSi. The standard InChI is InChI=1S/C22H31N3O4SSi/c1-22(2,3)31(4,5)29-18-10-12-24(13-11-18)21-23-19(15-30-21)20(26)14-16-6-8-17(9-7-16)25(27)28/h6-9,15,18H,10-14H2,1-5H3. The monoisotopic (exact) mass is 461 g/mol. The fourth-order valence-electron chi connectivity index (χ4n) is 3.31. The Morgan fingerprint density at radius 3 is 2.42 bits per heavy atom. The molecule has 0 saturated carbocycles. The number of nitrogens with zero attached hydrogens (tertiary/aromatic N) is 3. The number of aromatic nitrogens is 1. The van der Waals surface area contributed by atoms with Gasteiger partial charge in [0.1, 0.15) is 5.69 Å². The molecule has 2 aromatic rings. The van der Waals surface area contributed by atoms with Crippen molar-refractivity contribution in [1.29, 1.82) is 0 Å². The van der Waals surface area contributed by atoms with Crippen molar-refractivity contribution in [2.45, 2.75) is 64.3 Å². The van der Waals surface area contributed by atoms with Crippen LogP contribution >= 0.6 is 11.3 Å². The van der Waals surface area contributed by atoms with Crippen LogP contribution in [0.1, 0.15) is 49.7 Å². The van der Waals surface area contributed by atoms with E-state index >= 15 is 0 Å². The van der Waals surface area contributed by atoms with Gasteiger partial charge in [0.15, 0.2) is 19.2 Å². The van der Waals surface area contributed by atoms with Gasteiger partial charge in [-0.25, -0.2) is 4.98 Å². The number of ketones is 1. The van der Waals surface area contributed by atoms with Crippen molar-refractivity contribution in [2.24, 2.45) is 0 Å². The molecule has 0 N–H and O–H groups in total. The molecule has 0 aliphatic carbocycles. The third-order valence-corrected chi connectivity index (χ3v) is 11.7. The van der Waals surface area contributed by atoms with E-state index in [1.807, 2.05) is 0 Å². The maximum absolute atomic E-state index is 12.6. The van der Waals surface area contributed by atoms with Crippen LogP contribution in [-0.2, 0) is 10.8 Å². The molecule has 31 heavy (non-hydrogen) atoms. The fraction of sp³-hybridized carbons (Fsp3) is 0.545. The molecule has 0 amide bonds. The van der Waals surface area contributed by atoms with Crippen molar-refractivity contribution in [3.8, 4) is 0 Å². The van der Waals surface area contributed by atoms with E-state index in [9.17, 15) is 14.9 Å². The Balaban J connectivity index is 1.55. The second kappa shape index (κ2) is 9.18. The minimum atomic E-state index is -1.77. The SMILES string of the molecule is CC(C)(C)[Si](C)(C)OC1CCN(c2nc(C(=O)Cc3ccc([N+](=O)[O-])cc3)cs2)CC1. The highest BCUT2D eigenvalue weighted by molar-refractivity contribution is 7.13. The summed E-state index contributed by atoms with van der Waals surface area (Å²) >= 11 is 1.49. The predicted octanol–water partition coefficient (Wildman–Crippen LogP) is 5.47. The molecule has 1 aliphatic heterocycles. The molecule has 1 fully saturated rings. The van der Waals surface area contributed by atoms with Crippen LogP contribution in [0.25, 0.3) is 0 Å². The molecule has 0 radical (unpaired) electrons. The van der Waals surface area contributed by atoms with Gasteiger partial charge in [-0.15, -0.1) is 11.3 Å². The number of thiazole rings is 1. The Labute approximate surface area is 188 Å². The first-order chi connectivity index (χ1) is 14.5. The number of nitro benzene ring substituents is 1. The summed E-state index contributed by atoms with van der Waals surface area (Å²) < 4.78 is 6.56. The Morgan fingerprint density at radius 2 is 1.87 bits per heavy atom. The van der Waals surface area contributed by atoms with Crippen LogP contribution in [0.4, 0.5) is 10.8 Å². The number of anilines is 1. The van der Waals surface area contributed by atoms with E-state index in [4.69, 9.17) is 4.43 Å². The summed E-state index contributed by atoms with van der Waals surface area (Å²) in [5.74, 6) is -0.0764. The van der Waals surface area contributed by atoms with Gasteiger partial charge in [0.2, 0.25) is 0 Å². The van der Waals surface area contributed by atoms with Crippen LogP contribution in [-0.4, -0.2) is 43.2 Å². The summed E-state index contributed by atoms with van der Waals surface area (Å²) in [7, 11) is -1.77. The number of hydrogen-bond acceptors (Lipinski definition) is 7. The Morgan fingerprint density at radius 1 is 1.26 bits per heavy atom. The van der Waals surface area contributed by atoms with Gasteiger partial charge < -0.3 is 9.33 Å². The van der Waals surface area contributed by atoms with E-state index in [-0.39, 0.29) is 22.9 Å². The molecule has 0 spiro atoms. The van der Waals surface area contributed by atoms with Crippen molar-refractivity contribution in [1.82, 2.24) is 4.98 Å². The highest BCUT2D eigenvalue weighted by Crippen LogP contribution is 2.38. The molecule has 7 nitrogen and oxygen atoms in total. The van der Waals surface area contributed by atoms with E-state index in [2.05, 4.69) is 43.7 Å². The van der Waals surface area contributed by atoms with Gasteiger partial charge in [-0.2, -0.15) is 0 Å². The van der Waals surface area contributed by atoms with E-state index in [0.717, 1.165) is 36.6 Å². The minimum absolute atomic E-state index is 0.0214. The van der Waals surface area contributed by atoms with Crippen LogP contribution in [0.15, 0.2) is 29.6 Å². The first kappa shape index (κ1) is 23.6. The molecule has 1 aromatic heterocycles. The summed E-state index contributed by atoms with van der Waals surface area (Å²) in [6.45, 7) is 13.1. The molecule has 0 atom stereocenters. The lowest BCUT2D eigenvalue weighted by Gasteiger charge is -2.41. The lowest BCUT2D eigenvalue weighted by Crippen LogP contribution is -2.47. The molecule has 1 saturated heterocycles. The Hall–Kier alpha value is -2.10. The smallest absolute Gasteiger partial charge is 0.269 e. The quantitative estimate of drug-likeness (QED) is 0.235. The molecular weight excluding hydrogens is 430 g/mol. The molecule has 1 aliphatic rings. The number of rotatable bonds is 7. The second-order valence-electron chi connectivity index (χ2n) is 9.60. The van der Waals surface area contributed by atoms with Crippen LogP contribution in [0.5, 0.6) is 0 Å². The molecule has 0 bridgehead atoms. The number of non-ortho nitro benzene ring substituents is 1. The Kier molecular flexibility index (Phi) is 6.97.